The summed E-state index contributed by atoms with van der Waals surface area (Å²) in [5, 5.41) is 10.5. The van der Waals surface area contributed by atoms with Gasteiger partial charge in [-0.05, 0) is 37.6 Å². The lowest BCUT2D eigenvalue weighted by molar-refractivity contribution is -0.121. The lowest BCUT2D eigenvalue weighted by Gasteiger charge is -2.10. The van der Waals surface area contributed by atoms with Gasteiger partial charge in [0.15, 0.2) is 0 Å². The summed E-state index contributed by atoms with van der Waals surface area (Å²) in [5.74, 6) is -0.0337. The molecule has 2 heterocycles. The minimum absolute atomic E-state index is 0.0337. The van der Waals surface area contributed by atoms with Gasteiger partial charge in [-0.2, -0.15) is 5.26 Å². The Bertz CT molecular complexity index is 1220. The summed E-state index contributed by atoms with van der Waals surface area (Å²) in [6, 6.07) is 18.1. The number of nitriles is 1. The molecule has 2 aromatic carbocycles. The molecule has 3 aromatic rings. The molecule has 1 fully saturated rings. The van der Waals surface area contributed by atoms with Crippen LogP contribution in [0.2, 0.25) is 0 Å². The summed E-state index contributed by atoms with van der Waals surface area (Å²) < 4.78 is 2.81. The molecule has 0 unspecified atom stereocenters. The van der Waals surface area contributed by atoms with Crippen molar-refractivity contribution in [1.29, 1.82) is 5.26 Å². The molecule has 1 saturated heterocycles. The molecule has 1 aliphatic heterocycles. The zero-order valence-electron chi connectivity index (χ0n) is 16.2. The van der Waals surface area contributed by atoms with E-state index in [4.69, 9.17) is 12.2 Å². The molecule has 1 aromatic heterocycles. The van der Waals surface area contributed by atoms with E-state index in [0.29, 0.717) is 27.9 Å². The van der Waals surface area contributed by atoms with Crippen LogP contribution in [0.25, 0.3) is 17.0 Å². The van der Waals surface area contributed by atoms with Crippen LogP contribution in [0.5, 0.6) is 0 Å². The predicted molar refractivity (Wildman–Crippen MR) is 122 cm³/mol. The van der Waals surface area contributed by atoms with E-state index in [0.717, 1.165) is 27.7 Å². The van der Waals surface area contributed by atoms with E-state index in [2.05, 4.69) is 29.7 Å². The second kappa shape index (κ2) is 7.86. The van der Waals surface area contributed by atoms with E-state index >= 15 is 0 Å². The van der Waals surface area contributed by atoms with Crippen LogP contribution in [0.3, 0.4) is 0 Å². The van der Waals surface area contributed by atoms with E-state index in [1.54, 1.807) is 4.90 Å². The van der Waals surface area contributed by atoms with Gasteiger partial charge in [0.25, 0.3) is 5.91 Å². The molecule has 0 spiro atoms. The van der Waals surface area contributed by atoms with Crippen molar-refractivity contribution in [3.63, 3.8) is 0 Å². The van der Waals surface area contributed by atoms with Crippen molar-refractivity contribution in [1.82, 2.24) is 9.47 Å². The number of para-hydroxylation sites is 1. The third-order valence-corrected chi connectivity index (χ3v) is 6.59. The van der Waals surface area contributed by atoms with Gasteiger partial charge in [0, 0.05) is 35.2 Å². The van der Waals surface area contributed by atoms with Crippen LogP contribution < -0.4 is 0 Å². The summed E-state index contributed by atoms with van der Waals surface area (Å²) in [5.41, 5.74) is 4.81. The van der Waals surface area contributed by atoms with Gasteiger partial charge in [-0.25, -0.2) is 0 Å². The van der Waals surface area contributed by atoms with E-state index in [1.165, 1.54) is 11.8 Å². The smallest absolute Gasteiger partial charge is 0.266 e. The van der Waals surface area contributed by atoms with Gasteiger partial charge in [0.2, 0.25) is 0 Å². The number of amides is 1. The molecule has 0 aliphatic carbocycles. The molecule has 6 heteroatoms. The first-order valence-electron chi connectivity index (χ1n) is 9.36. The minimum Gasteiger partial charge on any atom is -0.340 e. The molecular formula is C23H19N3OS2. The summed E-state index contributed by atoms with van der Waals surface area (Å²) in [7, 11) is 0. The molecule has 0 atom stereocenters. The topological polar surface area (TPSA) is 49.0 Å². The average molecular weight is 418 g/mol. The molecule has 4 rings (SSSR count). The molecule has 144 valence electrons. The maximum atomic E-state index is 12.7. The fourth-order valence-electron chi connectivity index (χ4n) is 3.69. The Balaban J connectivity index is 1.85. The van der Waals surface area contributed by atoms with Crippen molar-refractivity contribution in [2.75, 3.05) is 6.54 Å². The number of aromatic nitrogens is 1. The quantitative estimate of drug-likeness (QED) is 0.438. The summed E-state index contributed by atoms with van der Waals surface area (Å²) in [6.07, 6.45) is 1.96. The lowest BCUT2D eigenvalue weighted by atomic mass is 10.1. The van der Waals surface area contributed by atoms with Crippen LogP contribution in [0.1, 0.15) is 29.3 Å². The Labute approximate surface area is 179 Å². The van der Waals surface area contributed by atoms with Gasteiger partial charge < -0.3 is 4.57 Å². The summed E-state index contributed by atoms with van der Waals surface area (Å²) in [6.45, 7) is 5.16. The van der Waals surface area contributed by atoms with Crippen LogP contribution >= 0.6 is 24.0 Å². The van der Waals surface area contributed by atoms with E-state index in [1.807, 2.05) is 49.4 Å². The van der Waals surface area contributed by atoms with Gasteiger partial charge in [-0.15, -0.1) is 0 Å². The van der Waals surface area contributed by atoms with Crippen molar-refractivity contribution in [2.24, 2.45) is 0 Å². The third-order valence-electron chi connectivity index (χ3n) is 5.21. The number of fused-ring (bicyclic) bond motifs is 1. The summed E-state index contributed by atoms with van der Waals surface area (Å²) in [4.78, 5) is 15.0. The standard InChI is InChI=1S/C23H19N3OS2/c1-3-25-22(27)21(29-23(25)28)12-19-15(2)26(20-11-7-6-10-18(19)20)14-17-9-5-4-8-16(17)13-24/h4-12H,3,14H2,1-2H3/b21-12+. The lowest BCUT2D eigenvalue weighted by Crippen LogP contribution is -2.27. The molecule has 0 N–H and O–H groups in total. The molecule has 0 radical (unpaired) electrons. The zero-order valence-corrected chi connectivity index (χ0v) is 17.8. The number of thioether (sulfide) groups is 1. The first-order valence-corrected chi connectivity index (χ1v) is 10.6. The fraction of sp³-hybridized carbons (Fsp3) is 0.174. The van der Waals surface area contributed by atoms with Crippen LogP contribution in [0, 0.1) is 18.3 Å². The molecule has 4 nitrogen and oxygen atoms in total. The molecule has 0 bridgehead atoms. The first-order chi connectivity index (χ1) is 14.0. The fourth-order valence-corrected chi connectivity index (χ4v) is 5.05. The highest BCUT2D eigenvalue weighted by molar-refractivity contribution is 8.26. The van der Waals surface area contributed by atoms with Crippen LogP contribution in [0.15, 0.2) is 53.4 Å². The number of thiocarbonyl (C=S) groups is 1. The first kappa shape index (κ1) is 19.4. The second-order valence-electron chi connectivity index (χ2n) is 6.80. The number of likely N-dealkylation sites (N-methyl/N-ethyl adjacent to an activating group) is 1. The van der Waals surface area contributed by atoms with E-state index in [-0.39, 0.29) is 5.91 Å². The normalized spacial score (nSPS) is 15.5. The van der Waals surface area contributed by atoms with Crippen LogP contribution in [0.4, 0.5) is 0 Å². The number of benzene rings is 2. The molecule has 29 heavy (non-hydrogen) atoms. The second-order valence-corrected chi connectivity index (χ2v) is 8.47. The van der Waals surface area contributed by atoms with Gasteiger partial charge in [0.1, 0.15) is 4.32 Å². The number of hydrogen-bond acceptors (Lipinski definition) is 4. The Hall–Kier alpha value is -2.88. The number of nitrogens with zero attached hydrogens (tertiary/aromatic N) is 3. The van der Waals surface area contributed by atoms with Gasteiger partial charge in [-0.3, -0.25) is 9.69 Å². The third kappa shape index (κ3) is 3.37. The highest BCUT2D eigenvalue weighted by Crippen LogP contribution is 2.36. The zero-order chi connectivity index (χ0) is 20.5. The number of carbonyl (C=O) groups is 1. The number of carbonyl (C=O) groups excluding carboxylic acids is 1. The van der Waals surface area contributed by atoms with E-state index < -0.39 is 0 Å². The molecular weight excluding hydrogens is 398 g/mol. The highest BCUT2D eigenvalue weighted by atomic mass is 32.2. The number of rotatable bonds is 4. The number of hydrogen-bond donors (Lipinski definition) is 0. The van der Waals surface area contributed by atoms with Crippen molar-refractivity contribution >= 4 is 51.2 Å². The minimum atomic E-state index is -0.0337. The molecule has 1 amide bonds. The monoisotopic (exact) mass is 417 g/mol. The van der Waals surface area contributed by atoms with E-state index in [9.17, 15) is 10.1 Å². The average Bonchev–Trinajstić information content (AvgIpc) is 3.16. The SMILES string of the molecule is CCN1C(=O)/C(=C\c2c(C)n(Cc3ccccc3C#N)c3ccccc23)SC1=S. The van der Waals surface area contributed by atoms with Gasteiger partial charge in [0.05, 0.1) is 16.5 Å². The molecule has 1 aliphatic rings. The van der Waals surface area contributed by atoms with Crippen molar-refractivity contribution < 1.29 is 4.79 Å². The predicted octanol–water partition coefficient (Wildman–Crippen LogP) is 5.09. The van der Waals surface area contributed by atoms with Crippen LogP contribution in [-0.2, 0) is 11.3 Å². The van der Waals surface area contributed by atoms with Crippen LogP contribution in [-0.4, -0.2) is 26.2 Å². The maximum Gasteiger partial charge on any atom is 0.266 e. The Kier molecular flexibility index (Phi) is 5.27. The Morgan fingerprint density at radius 2 is 1.90 bits per heavy atom. The van der Waals surface area contributed by atoms with Crippen molar-refractivity contribution in [3.05, 3.63) is 75.8 Å². The maximum absolute atomic E-state index is 12.7. The van der Waals surface area contributed by atoms with Gasteiger partial charge in [-0.1, -0.05) is 60.4 Å². The van der Waals surface area contributed by atoms with Crippen molar-refractivity contribution in [2.45, 2.75) is 20.4 Å². The van der Waals surface area contributed by atoms with Gasteiger partial charge >= 0.3 is 0 Å². The largest absolute Gasteiger partial charge is 0.340 e. The van der Waals surface area contributed by atoms with Crippen molar-refractivity contribution in [3.8, 4) is 6.07 Å². The Morgan fingerprint density at radius 1 is 1.17 bits per heavy atom. The summed E-state index contributed by atoms with van der Waals surface area (Å²) >= 11 is 6.70. The highest BCUT2D eigenvalue weighted by Gasteiger charge is 2.31. The molecule has 0 saturated carbocycles. The Morgan fingerprint density at radius 3 is 2.62 bits per heavy atom.